The van der Waals surface area contributed by atoms with Crippen molar-refractivity contribution in [3.8, 4) is 0 Å². The number of alkyl halides is 4. The molecular formula is C8H9Br2Cl2FO. The Bertz CT molecular complexity index is 265. The third-order valence-electron chi connectivity index (χ3n) is 2.78. The van der Waals surface area contributed by atoms with E-state index in [-0.39, 0.29) is 17.3 Å². The summed E-state index contributed by atoms with van der Waals surface area (Å²) in [5.74, 6) is -0.519. The van der Waals surface area contributed by atoms with Crippen molar-refractivity contribution >= 4 is 60.3 Å². The molecule has 1 nitrogen and oxygen atoms in total. The van der Waals surface area contributed by atoms with Gasteiger partial charge in [0.25, 0.3) is 0 Å². The van der Waals surface area contributed by atoms with Gasteiger partial charge in [-0.1, -0.05) is 41.4 Å². The zero-order valence-electron chi connectivity index (χ0n) is 7.53. The Kier molecular flexibility index (Phi) is 3.64. The Hall–Kier alpha value is 1.14. The number of halogens is 5. The van der Waals surface area contributed by atoms with E-state index in [9.17, 15) is 9.18 Å². The molecule has 1 fully saturated rings. The van der Waals surface area contributed by atoms with Gasteiger partial charge < -0.3 is 0 Å². The van der Waals surface area contributed by atoms with Crippen LogP contribution in [0.5, 0.6) is 0 Å². The van der Waals surface area contributed by atoms with Crippen LogP contribution >= 0.6 is 55.1 Å². The normalized spacial score (nSPS) is 35.9. The first-order valence-electron chi connectivity index (χ1n) is 4.00. The van der Waals surface area contributed by atoms with Crippen molar-refractivity contribution in [2.45, 2.75) is 22.7 Å². The molecule has 0 spiro atoms. The maximum Gasteiger partial charge on any atom is 0.250 e. The highest BCUT2D eigenvalue weighted by molar-refractivity contribution is 9.13. The summed E-state index contributed by atoms with van der Waals surface area (Å²) in [7, 11) is 0. The lowest BCUT2D eigenvalue weighted by molar-refractivity contribution is -0.113. The minimum absolute atomic E-state index is 0.186. The number of carbonyl (C=O) groups excluding carboxylic acids is 1. The Balaban J connectivity index is 2.79. The summed E-state index contributed by atoms with van der Waals surface area (Å²) >= 11 is 16.7. The first-order chi connectivity index (χ1) is 6.10. The molecular weight excluding hydrogens is 362 g/mol. The fourth-order valence-electron chi connectivity index (χ4n) is 1.86. The molecule has 14 heavy (non-hydrogen) atoms. The highest BCUT2D eigenvalue weighted by Gasteiger charge is 2.66. The van der Waals surface area contributed by atoms with Crippen molar-refractivity contribution in [2.75, 3.05) is 0 Å². The van der Waals surface area contributed by atoms with Crippen LogP contribution in [0.1, 0.15) is 13.8 Å². The highest BCUT2D eigenvalue weighted by atomic mass is 79.9. The fourth-order valence-corrected chi connectivity index (χ4v) is 3.68. The van der Waals surface area contributed by atoms with Gasteiger partial charge in [-0.3, -0.25) is 4.79 Å². The van der Waals surface area contributed by atoms with E-state index in [0.717, 1.165) is 0 Å². The smallest absolute Gasteiger partial charge is 0.250 e. The van der Waals surface area contributed by atoms with Crippen molar-refractivity contribution in [1.82, 2.24) is 0 Å². The second kappa shape index (κ2) is 3.86. The molecule has 0 bridgehead atoms. The fraction of sp³-hybridized carbons (Fsp3) is 0.875. The van der Waals surface area contributed by atoms with E-state index in [0.29, 0.717) is 0 Å². The van der Waals surface area contributed by atoms with Gasteiger partial charge in [0.2, 0.25) is 9.28 Å². The van der Waals surface area contributed by atoms with E-state index in [1.54, 1.807) is 0 Å². The molecule has 0 aliphatic heterocycles. The number of hydrogen-bond donors (Lipinski definition) is 0. The lowest BCUT2D eigenvalue weighted by atomic mass is 10.1. The molecule has 0 aromatic carbocycles. The molecule has 4 atom stereocenters. The molecule has 82 valence electrons. The molecule has 6 heteroatoms. The zero-order valence-corrected chi connectivity index (χ0v) is 12.2. The molecule has 1 aliphatic rings. The molecule has 0 aromatic heterocycles. The van der Waals surface area contributed by atoms with Crippen LogP contribution in [0.15, 0.2) is 0 Å². The van der Waals surface area contributed by atoms with Gasteiger partial charge in [-0.15, -0.1) is 0 Å². The summed E-state index contributed by atoms with van der Waals surface area (Å²) in [5.41, 5.74) is -0.299. The van der Waals surface area contributed by atoms with Crippen molar-refractivity contribution in [2.24, 2.45) is 17.3 Å². The molecule has 0 amide bonds. The molecule has 0 N–H and O–H groups in total. The monoisotopic (exact) mass is 368 g/mol. The van der Waals surface area contributed by atoms with Crippen LogP contribution in [0.3, 0.4) is 0 Å². The predicted octanol–water partition coefficient (Wildman–Crippen LogP) is 4.04. The van der Waals surface area contributed by atoms with Gasteiger partial charge in [-0.05, 0) is 38.9 Å². The summed E-state index contributed by atoms with van der Waals surface area (Å²) in [6, 6.07) is 0. The van der Waals surface area contributed by atoms with E-state index in [1.165, 1.54) is 0 Å². The second-order valence-electron chi connectivity index (χ2n) is 4.07. The predicted molar refractivity (Wildman–Crippen MR) is 63.0 cm³/mol. The minimum atomic E-state index is -2.05. The molecule has 0 saturated heterocycles. The van der Waals surface area contributed by atoms with Gasteiger partial charge >= 0.3 is 0 Å². The SMILES string of the molecule is CC1(C)[C@H](C(=O)Cl)[C@H]1C(Br)C(F)(Cl)Br. The van der Waals surface area contributed by atoms with Gasteiger partial charge in [0.1, 0.15) is 0 Å². The van der Waals surface area contributed by atoms with Crippen molar-refractivity contribution < 1.29 is 9.18 Å². The van der Waals surface area contributed by atoms with E-state index in [1.807, 2.05) is 13.8 Å². The van der Waals surface area contributed by atoms with E-state index in [2.05, 4.69) is 31.9 Å². The lowest BCUT2D eigenvalue weighted by Crippen LogP contribution is -2.24. The maximum absolute atomic E-state index is 13.3. The summed E-state index contributed by atoms with van der Waals surface area (Å²) < 4.78 is 11.3. The number of hydrogen-bond acceptors (Lipinski definition) is 1. The highest BCUT2D eigenvalue weighted by Crippen LogP contribution is 2.65. The topological polar surface area (TPSA) is 17.1 Å². The third-order valence-corrected chi connectivity index (χ3v) is 5.83. The van der Waals surface area contributed by atoms with Gasteiger partial charge in [0.05, 0.1) is 4.83 Å². The molecule has 1 saturated carbocycles. The van der Waals surface area contributed by atoms with Gasteiger partial charge in [0.15, 0.2) is 0 Å². The Morgan fingerprint density at radius 1 is 1.64 bits per heavy atom. The van der Waals surface area contributed by atoms with E-state index >= 15 is 0 Å². The Morgan fingerprint density at radius 2 is 2.07 bits per heavy atom. The quantitative estimate of drug-likeness (QED) is 0.541. The molecule has 1 rings (SSSR count). The van der Waals surface area contributed by atoms with Gasteiger partial charge in [-0.2, -0.15) is 0 Å². The summed E-state index contributed by atoms with van der Waals surface area (Å²) in [4.78, 5) is 10.4. The molecule has 2 unspecified atom stereocenters. The standard InChI is InChI=1S/C8H9Br2Cl2FO/c1-7(2)3(4(7)6(11)14)5(9)8(10,12)13/h3-5H,1-2H3/t3-,4-,5?,8?/m0/s1. The zero-order chi connectivity index (χ0) is 11.3. The maximum atomic E-state index is 13.3. The molecule has 0 aromatic rings. The summed E-state index contributed by atoms with van der Waals surface area (Å²) in [6.45, 7) is 3.74. The minimum Gasteiger partial charge on any atom is -0.281 e. The van der Waals surface area contributed by atoms with Crippen LogP contribution in [0, 0.1) is 17.3 Å². The van der Waals surface area contributed by atoms with E-state index < -0.39 is 14.1 Å². The van der Waals surface area contributed by atoms with Gasteiger partial charge in [0, 0.05) is 5.92 Å². The van der Waals surface area contributed by atoms with Crippen molar-refractivity contribution in [1.29, 1.82) is 0 Å². The third kappa shape index (κ3) is 2.28. The van der Waals surface area contributed by atoms with Gasteiger partial charge in [-0.25, -0.2) is 4.39 Å². The molecule has 0 heterocycles. The van der Waals surface area contributed by atoms with E-state index in [4.69, 9.17) is 23.2 Å². The van der Waals surface area contributed by atoms with Crippen LogP contribution in [-0.4, -0.2) is 14.1 Å². The Labute approximate surface area is 109 Å². The van der Waals surface area contributed by atoms with Crippen molar-refractivity contribution in [3.05, 3.63) is 0 Å². The van der Waals surface area contributed by atoms with Crippen LogP contribution in [-0.2, 0) is 4.79 Å². The average molecular weight is 371 g/mol. The average Bonchev–Trinajstić information content (AvgIpc) is 2.49. The van der Waals surface area contributed by atoms with Crippen LogP contribution in [0.2, 0.25) is 0 Å². The molecule has 1 aliphatic carbocycles. The Morgan fingerprint density at radius 3 is 2.29 bits per heavy atom. The van der Waals surface area contributed by atoms with Crippen molar-refractivity contribution in [3.63, 3.8) is 0 Å². The van der Waals surface area contributed by atoms with Crippen LogP contribution < -0.4 is 0 Å². The summed E-state index contributed by atoms with van der Waals surface area (Å²) in [5, 5.41) is -0.433. The van der Waals surface area contributed by atoms with Crippen LogP contribution in [0.25, 0.3) is 0 Å². The largest absolute Gasteiger partial charge is 0.281 e. The first-order valence-corrected chi connectivity index (χ1v) is 6.46. The number of carbonyl (C=O) groups is 1. The van der Waals surface area contributed by atoms with Crippen LogP contribution in [0.4, 0.5) is 4.39 Å². The number of rotatable bonds is 3. The first kappa shape index (κ1) is 13.2. The lowest BCUT2D eigenvalue weighted by Gasteiger charge is -2.18. The second-order valence-corrected chi connectivity index (χ2v) is 7.59. The molecule has 0 radical (unpaired) electrons. The summed E-state index contributed by atoms with van der Waals surface area (Å²) in [6.07, 6.45) is 0.